The van der Waals surface area contributed by atoms with E-state index in [0.717, 1.165) is 24.4 Å². The lowest BCUT2D eigenvalue weighted by molar-refractivity contribution is 0.203. The Hall–Kier alpha value is -1.06. The van der Waals surface area contributed by atoms with Crippen molar-refractivity contribution >= 4 is 0 Å². The van der Waals surface area contributed by atoms with Crippen LogP contribution in [0.5, 0.6) is 5.75 Å². The Kier molecular flexibility index (Phi) is 4.61. The van der Waals surface area contributed by atoms with Crippen LogP contribution in [0.25, 0.3) is 0 Å². The molecule has 0 bridgehead atoms. The van der Waals surface area contributed by atoms with Crippen molar-refractivity contribution in [3.05, 3.63) is 29.3 Å². The molecule has 18 heavy (non-hydrogen) atoms. The normalized spacial score (nSPS) is 21.6. The first kappa shape index (κ1) is 13.4. The van der Waals surface area contributed by atoms with Crippen LogP contribution in [0.4, 0.5) is 0 Å². The molecule has 1 fully saturated rings. The fraction of sp³-hybridized carbons (Fsp3) is 0.600. The third-order valence-corrected chi connectivity index (χ3v) is 3.95. The molecule has 0 amide bonds. The van der Waals surface area contributed by atoms with Gasteiger partial charge >= 0.3 is 0 Å². The Balaban J connectivity index is 2.18. The topological polar surface area (TPSA) is 41.5 Å². The molecule has 1 heterocycles. The van der Waals surface area contributed by atoms with Crippen LogP contribution in [0.2, 0.25) is 0 Å². The van der Waals surface area contributed by atoms with E-state index in [0.29, 0.717) is 5.92 Å². The fourth-order valence-corrected chi connectivity index (χ4v) is 2.88. The number of piperidine rings is 1. The first-order valence-electron chi connectivity index (χ1n) is 6.72. The standard InChI is InChI=1S/C15H23NO2/c1-11-8-12(5-6-15(11)18-2)14(10-17)13-4-3-7-16-9-13/h5-6,8,13-14,16-17H,3-4,7,9-10H2,1-2H3. The van der Waals surface area contributed by atoms with Gasteiger partial charge in [0.1, 0.15) is 5.75 Å². The van der Waals surface area contributed by atoms with Crippen LogP contribution in [0.3, 0.4) is 0 Å². The zero-order chi connectivity index (χ0) is 13.0. The number of hydrogen-bond acceptors (Lipinski definition) is 3. The number of rotatable bonds is 4. The summed E-state index contributed by atoms with van der Waals surface area (Å²) in [6.07, 6.45) is 2.40. The Labute approximate surface area is 109 Å². The lowest BCUT2D eigenvalue weighted by Crippen LogP contribution is -2.34. The molecule has 1 aromatic carbocycles. The largest absolute Gasteiger partial charge is 0.496 e. The maximum absolute atomic E-state index is 9.69. The van der Waals surface area contributed by atoms with E-state index < -0.39 is 0 Å². The van der Waals surface area contributed by atoms with Crippen molar-refractivity contribution in [2.24, 2.45) is 5.92 Å². The number of aliphatic hydroxyl groups is 1. The van der Waals surface area contributed by atoms with Crippen LogP contribution >= 0.6 is 0 Å². The molecule has 0 radical (unpaired) electrons. The van der Waals surface area contributed by atoms with Gasteiger partial charge in [-0.3, -0.25) is 0 Å². The molecule has 2 N–H and O–H groups in total. The van der Waals surface area contributed by atoms with E-state index in [1.54, 1.807) is 7.11 Å². The second kappa shape index (κ2) is 6.21. The smallest absolute Gasteiger partial charge is 0.121 e. The Morgan fingerprint density at radius 1 is 1.50 bits per heavy atom. The van der Waals surface area contributed by atoms with Gasteiger partial charge in [0.2, 0.25) is 0 Å². The van der Waals surface area contributed by atoms with Crippen LogP contribution in [-0.4, -0.2) is 31.9 Å². The molecular formula is C15H23NO2. The first-order valence-corrected chi connectivity index (χ1v) is 6.72. The monoisotopic (exact) mass is 249 g/mol. The van der Waals surface area contributed by atoms with Crippen molar-refractivity contribution in [3.63, 3.8) is 0 Å². The summed E-state index contributed by atoms with van der Waals surface area (Å²) in [5.74, 6) is 1.69. The van der Waals surface area contributed by atoms with Crippen molar-refractivity contribution in [1.82, 2.24) is 5.32 Å². The molecule has 1 aliphatic heterocycles. The molecule has 100 valence electrons. The number of nitrogens with one attached hydrogen (secondary N) is 1. The highest BCUT2D eigenvalue weighted by molar-refractivity contribution is 5.37. The maximum atomic E-state index is 9.69. The molecule has 3 nitrogen and oxygen atoms in total. The average Bonchev–Trinajstić information content (AvgIpc) is 2.41. The van der Waals surface area contributed by atoms with Gasteiger partial charge in [0.15, 0.2) is 0 Å². The molecule has 1 aromatic rings. The summed E-state index contributed by atoms with van der Waals surface area (Å²) in [4.78, 5) is 0. The zero-order valence-corrected chi connectivity index (χ0v) is 11.3. The SMILES string of the molecule is COc1ccc(C(CO)C2CCCNC2)cc1C. The molecule has 3 heteroatoms. The summed E-state index contributed by atoms with van der Waals surface area (Å²) >= 11 is 0. The van der Waals surface area contributed by atoms with Gasteiger partial charge in [-0.05, 0) is 56.0 Å². The summed E-state index contributed by atoms with van der Waals surface area (Å²) < 4.78 is 5.28. The molecule has 2 atom stereocenters. The highest BCUT2D eigenvalue weighted by atomic mass is 16.5. The number of hydrogen-bond donors (Lipinski definition) is 2. The van der Waals surface area contributed by atoms with Crippen molar-refractivity contribution in [3.8, 4) is 5.75 Å². The Morgan fingerprint density at radius 3 is 2.89 bits per heavy atom. The number of methoxy groups -OCH3 is 1. The lowest BCUT2D eigenvalue weighted by atomic mass is 9.81. The highest BCUT2D eigenvalue weighted by Gasteiger charge is 2.24. The lowest BCUT2D eigenvalue weighted by Gasteiger charge is -2.30. The summed E-state index contributed by atoms with van der Waals surface area (Å²) in [5.41, 5.74) is 2.36. The number of ether oxygens (including phenoxy) is 1. The second-order valence-electron chi connectivity index (χ2n) is 5.12. The number of benzene rings is 1. The fourth-order valence-electron chi connectivity index (χ4n) is 2.88. The van der Waals surface area contributed by atoms with Gasteiger partial charge in [-0.15, -0.1) is 0 Å². The third-order valence-electron chi connectivity index (χ3n) is 3.95. The van der Waals surface area contributed by atoms with Crippen LogP contribution in [0.1, 0.15) is 29.9 Å². The highest BCUT2D eigenvalue weighted by Crippen LogP contribution is 2.31. The molecule has 0 aromatic heterocycles. The molecular weight excluding hydrogens is 226 g/mol. The van der Waals surface area contributed by atoms with E-state index >= 15 is 0 Å². The molecule has 2 rings (SSSR count). The van der Waals surface area contributed by atoms with Gasteiger partial charge in [-0.1, -0.05) is 12.1 Å². The molecule has 0 spiro atoms. The molecule has 0 saturated carbocycles. The van der Waals surface area contributed by atoms with Gasteiger partial charge in [0.05, 0.1) is 13.7 Å². The van der Waals surface area contributed by atoms with E-state index in [-0.39, 0.29) is 12.5 Å². The minimum atomic E-state index is 0.220. The summed E-state index contributed by atoms with van der Waals surface area (Å²) in [5, 5.41) is 13.1. The van der Waals surface area contributed by atoms with Gasteiger partial charge in [-0.25, -0.2) is 0 Å². The number of aryl methyl sites for hydroxylation is 1. The van der Waals surface area contributed by atoms with Crippen molar-refractivity contribution in [1.29, 1.82) is 0 Å². The minimum absolute atomic E-state index is 0.220. The predicted molar refractivity (Wildman–Crippen MR) is 73.2 cm³/mol. The minimum Gasteiger partial charge on any atom is -0.496 e. The molecule has 1 aliphatic rings. The average molecular weight is 249 g/mol. The summed E-state index contributed by atoms with van der Waals surface area (Å²) in [6.45, 7) is 4.39. The van der Waals surface area contributed by atoms with E-state index in [1.165, 1.54) is 18.4 Å². The van der Waals surface area contributed by atoms with Gasteiger partial charge in [0, 0.05) is 5.92 Å². The third kappa shape index (κ3) is 2.85. The van der Waals surface area contributed by atoms with Crippen LogP contribution in [0, 0.1) is 12.8 Å². The van der Waals surface area contributed by atoms with Crippen molar-refractivity contribution in [2.45, 2.75) is 25.7 Å². The molecule has 1 saturated heterocycles. The van der Waals surface area contributed by atoms with Crippen molar-refractivity contribution in [2.75, 3.05) is 26.8 Å². The van der Waals surface area contributed by atoms with Gasteiger partial charge in [-0.2, -0.15) is 0 Å². The summed E-state index contributed by atoms with van der Waals surface area (Å²) in [6, 6.07) is 6.24. The van der Waals surface area contributed by atoms with E-state index in [9.17, 15) is 5.11 Å². The van der Waals surface area contributed by atoms with Crippen LogP contribution < -0.4 is 10.1 Å². The Morgan fingerprint density at radius 2 is 2.33 bits per heavy atom. The van der Waals surface area contributed by atoms with Gasteiger partial charge < -0.3 is 15.2 Å². The molecule has 0 aliphatic carbocycles. The predicted octanol–water partition coefficient (Wildman–Crippen LogP) is 2.08. The zero-order valence-electron chi connectivity index (χ0n) is 11.3. The van der Waals surface area contributed by atoms with E-state index in [1.807, 2.05) is 6.07 Å². The van der Waals surface area contributed by atoms with Crippen molar-refractivity contribution < 1.29 is 9.84 Å². The van der Waals surface area contributed by atoms with E-state index in [2.05, 4.69) is 24.4 Å². The Bertz CT molecular complexity index is 386. The van der Waals surface area contributed by atoms with Crippen LogP contribution in [-0.2, 0) is 0 Å². The summed E-state index contributed by atoms with van der Waals surface area (Å²) in [7, 11) is 1.69. The maximum Gasteiger partial charge on any atom is 0.121 e. The van der Waals surface area contributed by atoms with Gasteiger partial charge in [0.25, 0.3) is 0 Å². The number of aliphatic hydroxyl groups excluding tert-OH is 1. The second-order valence-corrected chi connectivity index (χ2v) is 5.12. The molecule has 2 unspecified atom stereocenters. The van der Waals surface area contributed by atoms with Crippen LogP contribution in [0.15, 0.2) is 18.2 Å². The van der Waals surface area contributed by atoms with E-state index in [4.69, 9.17) is 4.74 Å². The first-order chi connectivity index (χ1) is 8.76. The quantitative estimate of drug-likeness (QED) is 0.858.